The molecule has 0 atom stereocenters. The van der Waals surface area contributed by atoms with Crippen LogP contribution in [0.25, 0.3) is 10.9 Å². The molecule has 0 unspecified atom stereocenters. The minimum atomic E-state index is -1.55. The molecule has 15 heavy (non-hydrogen) atoms. The number of carbonyl (C=O) groups is 1. The van der Waals surface area contributed by atoms with Gasteiger partial charge in [0.25, 0.3) is 0 Å². The fourth-order valence-electron chi connectivity index (χ4n) is 1.42. The Hall–Kier alpha value is -1.79. The fraction of sp³-hybridized carbons (Fsp3) is 0. The van der Waals surface area contributed by atoms with E-state index < -0.39 is 13.1 Å². The molecule has 1 aromatic carbocycles. The molecule has 0 fully saturated rings. The minimum absolute atomic E-state index is 0.0783. The van der Waals surface area contributed by atoms with Crippen molar-refractivity contribution in [1.82, 2.24) is 4.98 Å². The second-order valence-electron chi connectivity index (χ2n) is 3.21. The number of hydrogen-bond acceptors (Lipinski definition) is 3. The first-order valence-corrected chi connectivity index (χ1v) is 4.30. The molecule has 0 aliphatic heterocycles. The topological polar surface area (TPSA) is 93.6 Å². The molecule has 1 aromatic heterocycles. The first kappa shape index (κ1) is 9.76. The number of carboxylic acids is 1. The average molecular weight is 205 g/mol. The van der Waals surface area contributed by atoms with Crippen LogP contribution < -0.4 is 5.46 Å². The third-order valence-electron chi connectivity index (χ3n) is 2.18. The quantitative estimate of drug-likeness (QED) is 0.499. The number of aromatic amines is 1. The molecule has 0 spiro atoms. The summed E-state index contributed by atoms with van der Waals surface area (Å²) in [5, 5.41) is 27.3. The van der Waals surface area contributed by atoms with E-state index in [1.165, 1.54) is 18.2 Å². The molecular formula is C9H8BNO4. The van der Waals surface area contributed by atoms with Crippen LogP contribution in [-0.2, 0) is 0 Å². The number of H-pyrrole nitrogens is 1. The molecular weight excluding hydrogens is 197 g/mol. The number of aromatic carboxylic acids is 1. The highest BCUT2D eigenvalue weighted by molar-refractivity contribution is 6.58. The van der Waals surface area contributed by atoms with Gasteiger partial charge in [-0.2, -0.15) is 0 Å². The zero-order valence-corrected chi connectivity index (χ0v) is 7.64. The third-order valence-corrected chi connectivity index (χ3v) is 2.18. The Morgan fingerprint density at radius 2 is 2.00 bits per heavy atom. The number of aromatic nitrogens is 1. The van der Waals surface area contributed by atoms with Crippen LogP contribution in [0.4, 0.5) is 0 Å². The van der Waals surface area contributed by atoms with Gasteiger partial charge in [0.1, 0.15) is 5.69 Å². The lowest BCUT2D eigenvalue weighted by molar-refractivity contribution is 0.0691. The monoisotopic (exact) mass is 205 g/mol. The lowest BCUT2D eigenvalue weighted by Crippen LogP contribution is -2.29. The van der Waals surface area contributed by atoms with Crippen molar-refractivity contribution in [1.29, 1.82) is 0 Å². The molecule has 0 radical (unpaired) electrons. The van der Waals surface area contributed by atoms with Crippen molar-refractivity contribution in [2.24, 2.45) is 0 Å². The maximum absolute atomic E-state index is 10.7. The van der Waals surface area contributed by atoms with E-state index in [0.717, 1.165) is 5.39 Å². The maximum atomic E-state index is 10.7. The van der Waals surface area contributed by atoms with E-state index in [1.807, 2.05) is 0 Å². The Morgan fingerprint density at radius 3 is 2.60 bits per heavy atom. The Balaban J connectivity index is 2.57. The van der Waals surface area contributed by atoms with Gasteiger partial charge in [0, 0.05) is 10.9 Å². The second kappa shape index (κ2) is 3.41. The summed E-state index contributed by atoms with van der Waals surface area (Å²) in [4.78, 5) is 13.3. The Morgan fingerprint density at radius 1 is 1.27 bits per heavy atom. The first-order chi connectivity index (χ1) is 7.08. The zero-order chi connectivity index (χ0) is 11.0. The second-order valence-corrected chi connectivity index (χ2v) is 3.21. The van der Waals surface area contributed by atoms with Crippen LogP contribution in [0.5, 0.6) is 0 Å². The van der Waals surface area contributed by atoms with E-state index in [-0.39, 0.29) is 5.69 Å². The van der Waals surface area contributed by atoms with Crippen LogP contribution in [-0.4, -0.2) is 33.2 Å². The predicted molar refractivity (Wildman–Crippen MR) is 55.1 cm³/mol. The van der Waals surface area contributed by atoms with Crippen LogP contribution in [0.2, 0.25) is 0 Å². The number of rotatable bonds is 2. The predicted octanol–water partition coefficient (Wildman–Crippen LogP) is -0.454. The van der Waals surface area contributed by atoms with E-state index >= 15 is 0 Å². The maximum Gasteiger partial charge on any atom is 0.488 e. The van der Waals surface area contributed by atoms with Crippen LogP contribution >= 0.6 is 0 Å². The van der Waals surface area contributed by atoms with Gasteiger partial charge in [0.05, 0.1) is 0 Å². The molecule has 0 bridgehead atoms. The number of carboxylic acid groups (broad SMARTS) is 1. The van der Waals surface area contributed by atoms with E-state index in [2.05, 4.69) is 4.98 Å². The third kappa shape index (κ3) is 1.72. The van der Waals surface area contributed by atoms with Gasteiger partial charge in [-0.3, -0.25) is 0 Å². The molecule has 4 N–H and O–H groups in total. The van der Waals surface area contributed by atoms with Gasteiger partial charge in [0.2, 0.25) is 0 Å². The molecule has 2 aromatic rings. The summed E-state index contributed by atoms with van der Waals surface area (Å²) in [6.07, 6.45) is 0. The van der Waals surface area contributed by atoms with Crippen molar-refractivity contribution in [2.75, 3.05) is 0 Å². The van der Waals surface area contributed by atoms with Gasteiger partial charge in [-0.1, -0.05) is 12.1 Å². The van der Waals surface area contributed by atoms with E-state index in [1.54, 1.807) is 6.07 Å². The molecule has 0 saturated carbocycles. The molecule has 0 amide bonds. The van der Waals surface area contributed by atoms with E-state index in [4.69, 9.17) is 15.2 Å². The standard InChI is InChI=1S/C9H8BNO4/c12-9(13)8-3-5-1-2-6(10(14)15)4-7(5)11-8/h1-4,11,14-15H,(H,12,13). The number of hydrogen-bond donors (Lipinski definition) is 4. The molecule has 0 saturated heterocycles. The van der Waals surface area contributed by atoms with Crippen LogP contribution in [0.15, 0.2) is 24.3 Å². The highest BCUT2D eigenvalue weighted by Gasteiger charge is 2.13. The van der Waals surface area contributed by atoms with Gasteiger partial charge < -0.3 is 20.1 Å². The first-order valence-electron chi connectivity index (χ1n) is 4.30. The molecule has 0 aliphatic carbocycles. The molecule has 1 heterocycles. The van der Waals surface area contributed by atoms with Gasteiger partial charge >= 0.3 is 13.1 Å². The molecule has 2 rings (SSSR count). The Bertz CT molecular complexity index is 520. The molecule has 76 valence electrons. The highest BCUT2D eigenvalue weighted by Crippen LogP contribution is 2.13. The molecule has 0 aliphatic rings. The summed E-state index contributed by atoms with van der Waals surface area (Å²) in [6.45, 7) is 0. The van der Waals surface area contributed by atoms with Crippen molar-refractivity contribution in [3.63, 3.8) is 0 Å². The summed E-state index contributed by atoms with van der Waals surface area (Å²) < 4.78 is 0. The zero-order valence-electron chi connectivity index (χ0n) is 7.64. The van der Waals surface area contributed by atoms with Crippen molar-refractivity contribution < 1.29 is 19.9 Å². The molecule has 6 heteroatoms. The lowest BCUT2D eigenvalue weighted by Gasteiger charge is -1.97. The van der Waals surface area contributed by atoms with Crippen molar-refractivity contribution in [2.45, 2.75) is 0 Å². The van der Waals surface area contributed by atoms with Crippen molar-refractivity contribution in [3.05, 3.63) is 30.0 Å². The van der Waals surface area contributed by atoms with E-state index in [9.17, 15) is 4.79 Å². The summed E-state index contributed by atoms with van der Waals surface area (Å²) in [5.41, 5.74) is 0.967. The Kier molecular flexibility index (Phi) is 2.22. The minimum Gasteiger partial charge on any atom is -0.477 e. The van der Waals surface area contributed by atoms with Crippen LogP contribution in [0.1, 0.15) is 10.5 Å². The van der Waals surface area contributed by atoms with Gasteiger partial charge in [-0.25, -0.2) is 4.79 Å². The largest absolute Gasteiger partial charge is 0.488 e. The number of benzene rings is 1. The van der Waals surface area contributed by atoms with Crippen LogP contribution in [0.3, 0.4) is 0 Å². The lowest BCUT2D eigenvalue weighted by atomic mass is 9.80. The number of fused-ring (bicyclic) bond motifs is 1. The fourth-order valence-corrected chi connectivity index (χ4v) is 1.42. The summed E-state index contributed by atoms with van der Waals surface area (Å²) in [6, 6.07) is 6.16. The highest BCUT2D eigenvalue weighted by atomic mass is 16.4. The van der Waals surface area contributed by atoms with Crippen molar-refractivity contribution >= 4 is 29.5 Å². The number of nitrogens with one attached hydrogen (secondary N) is 1. The summed E-state index contributed by atoms with van der Waals surface area (Å²) >= 11 is 0. The van der Waals surface area contributed by atoms with Crippen molar-refractivity contribution in [3.8, 4) is 0 Å². The van der Waals surface area contributed by atoms with Gasteiger partial charge in [-0.05, 0) is 17.6 Å². The van der Waals surface area contributed by atoms with E-state index in [0.29, 0.717) is 11.0 Å². The smallest absolute Gasteiger partial charge is 0.477 e. The normalized spacial score (nSPS) is 10.5. The SMILES string of the molecule is O=C(O)c1cc2ccc(B(O)O)cc2[nH]1. The van der Waals surface area contributed by atoms with Crippen LogP contribution in [0, 0.1) is 0 Å². The average Bonchev–Trinajstić information content (AvgIpc) is 2.59. The van der Waals surface area contributed by atoms with Gasteiger partial charge in [0.15, 0.2) is 0 Å². The molecule has 5 nitrogen and oxygen atoms in total. The van der Waals surface area contributed by atoms with Gasteiger partial charge in [-0.15, -0.1) is 0 Å². The summed E-state index contributed by atoms with van der Waals surface area (Å²) in [7, 11) is -1.55. The summed E-state index contributed by atoms with van der Waals surface area (Å²) in [5.74, 6) is -1.04. The Labute approximate surface area is 85.1 Å².